The van der Waals surface area contributed by atoms with E-state index in [9.17, 15) is 0 Å². The maximum Gasteiger partial charge on any atom is 0.0360 e. The van der Waals surface area contributed by atoms with E-state index in [4.69, 9.17) is 0 Å². The Bertz CT molecular complexity index is 473. The quantitative estimate of drug-likeness (QED) is 0.865. The molecule has 1 aromatic carbocycles. The molecule has 1 N–H and O–H groups in total. The lowest BCUT2D eigenvalue weighted by atomic mass is 10.1. The van der Waals surface area contributed by atoms with Crippen LogP contribution in [0.3, 0.4) is 0 Å². The summed E-state index contributed by atoms with van der Waals surface area (Å²) >= 11 is 5.29. The van der Waals surface area contributed by atoms with Crippen molar-refractivity contribution < 1.29 is 0 Å². The van der Waals surface area contributed by atoms with Crippen molar-refractivity contribution in [3.63, 3.8) is 0 Å². The summed E-state index contributed by atoms with van der Waals surface area (Å²) < 4.78 is 1.18. The third kappa shape index (κ3) is 3.41. The molecule has 0 aliphatic rings. The Labute approximate surface area is 115 Å². The zero-order valence-electron chi connectivity index (χ0n) is 10.0. The lowest BCUT2D eigenvalue weighted by molar-refractivity contribution is 0.589. The van der Waals surface area contributed by atoms with Crippen LogP contribution in [0.5, 0.6) is 0 Å². The van der Waals surface area contributed by atoms with Gasteiger partial charge < -0.3 is 5.32 Å². The second-order valence-electron chi connectivity index (χ2n) is 4.37. The Hall–Kier alpha value is -0.640. The fraction of sp³-hybridized carbons (Fsp3) is 0.286. The van der Waals surface area contributed by atoms with Gasteiger partial charge in [0.05, 0.1) is 0 Å². The molecule has 0 aliphatic carbocycles. The Morgan fingerprint density at radius 3 is 2.41 bits per heavy atom. The Morgan fingerprint density at radius 1 is 1.18 bits per heavy atom. The molecule has 0 aliphatic heterocycles. The fourth-order valence-corrected chi connectivity index (χ4v) is 3.14. The highest BCUT2D eigenvalue weighted by Crippen LogP contribution is 2.31. The number of nitrogens with one attached hydrogen (secondary N) is 1. The standard InChI is InChI=1S/C14H16BrNS/c1-10(2)16-7-11-3-5-12(6-4-11)13-8-17-9-14(13)15/h3-6,8-10,16H,7H2,1-2H3. The molecule has 0 amide bonds. The van der Waals surface area contributed by atoms with Gasteiger partial charge in [-0.25, -0.2) is 0 Å². The molecule has 3 heteroatoms. The molecule has 0 radical (unpaired) electrons. The predicted octanol–water partition coefficient (Wildman–Crippen LogP) is 4.68. The van der Waals surface area contributed by atoms with Gasteiger partial charge in [0.15, 0.2) is 0 Å². The van der Waals surface area contributed by atoms with Gasteiger partial charge in [-0.2, -0.15) is 11.3 Å². The molecule has 17 heavy (non-hydrogen) atoms. The second kappa shape index (κ2) is 5.80. The van der Waals surface area contributed by atoms with Crippen molar-refractivity contribution in [3.05, 3.63) is 45.1 Å². The average Bonchev–Trinajstić information content (AvgIpc) is 2.73. The number of halogens is 1. The van der Waals surface area contributed by atoms with Gasteiger partial charge in [-0.1, -0.05) is 38.1 Å². The highest BCUT2D eigenvalue weighted by Gasteiger charge is 2.03. The van der Waals surface area contributed by atoms with Crippen LogP contribution in [0.25, 0.3) is 11.1 Å². The molecule has 1 nitrogen and oxygen atoms in total. The summed E-state index contributed by atoms with van der Waals surface area (Å²) in [6.45, 7) is 5.26. The molecule has 0 saturated heterocycles. The van der Waals surface area contributed by atoms with Crippen LogP contribution >= 0.6 is 27.3 Å². The smallest absolute Gasteiger partial charge is 0.0360 e. The second-order valence-corrected chi connectivity index (χ2v) is 5.96. The minimum Gasteiger partial charge on any atom is -0.310 e. The molecule has 1 heterocycles. The van der Waals surface area contributed by atoms with Gasteiger partial charge in [0.1, 0.15) is 0 Å². The first-order valence-electron chi connectivity index (χ1n) is 5.71. The number of hydrogen-bond donors (Lipinski definition) is 1. The highest BCUT2D eigenvalue weighted by molar-refractivity contribution is 9.10. The van der Waals surface area contributed by atoms with Crippen molar-refractivity contribution >= 4 is 27.3 Å². The zero-order chi connectivity index (χ0) is 12.3. The van der Waals surface area contributed by atoms with Gasteiger partial charge in [0, 0.05) is 28.0 Å². The van der Waals surface area contributed by atoms with Crippen molar-refractivity contribution in [2.45, 2.75) is 26.4 Å². The molecule has 2 aromatic rings. The highest BCUT2D eigenvalue weighted by atomic mass is 79.9. The lowest BCUT2D eigenvalue weighted by Crippen LogP contribution is -2.21. The average molecular weight is 310 g/mol. The summed E-state index contributed by atoms with van der Waals surface area (Å²) in [6.07, 6.45) is 0. The molecule has 0 unspecified atom stereocenters. The molecule has 0 atom stereocenters. The summed E-state index contributed by atoms with van der Waals surface area (Å²) in [5.41, 5.74) is 3.87. The fourth-order valence-electron chi connectivity index (χ4n) is 1.61. The van der Waals surface area contributed by atoms with Gasteiger partial charge in [0.2, 0.25) is 0 Å². The molecular weight excluding hydrogens is 294 g/mol. The first kappa shape index (κ1) is 12.8. The van der Waals surface area contributed by atoms with E-state index in [0.717, 1.165) is 6.54 Å². The molecule has 0 fully saturated rings. The molecule has 90 valence electrons. The molecule has 2 rings (SSSR count). The Balaban J connectivity index is 2.11. The summed E-state index contributed by atoms with van der Waals surface area (Å²) in [5, 5.41) is 7.71. The number of thiophene rings is 1. The van der Waals surface area contributed by atoms with Crippen molar-refractivity contribution in [2.24, 2.45) is 0 Å². The minimum atomic E-state index is 0.528. The maximum atomic E-state index is 3.57. The van der Waals surface area contributed by atoms with Gasteiger partial charge in [0.25, 0.3) is 0 Å². The number of hydrogen-bond acceptors (Lipinski definition) is 2. The largest absolute Gasteiger partial charge is 0.310 e. The first-order valence-corrected chi connectivity index (χ1v) is 7.45. The van der Waals surface area contributed by atoms with Gasteiger partial charge >= 0.3 is 0 Å². The molecule has 0 bridgehead atoms. The van der Waals surface area contributed by atoms with Gasteiger partial charge in [-0.15, -0.1) is 0 Å². The van der Waals surface area contributed by atoms with Crippen molar-refractivity contribution in [2.75, 3.05) is 0 Å². The third-order valence-electron chi connectivity index (χ3n) is 2.59. The van der Waals surface area contributed by atoms with Crippen LogP contribution in [0.1, 0.15) is 19.4 Å². The van der Waals surface area contributed by atoms with E-state index in [1.54, 1.807) is 11.3 Å². The molecule has 0 saturated carbocycles. The van der Waals surface area contributed by atoms with Crippen LogP contribution in [-0.4, -0.2) is 6.04 Å². The van der Waals surface area contributed by atoms with E-state index in [2.05, 4.69) is 70.1 Å². The lowest BCUT2D eigenvalue weighted by Gasteiger charge is -2.08. The first-order chi connectivity index (χ1) is 8.16. The topological polar surface area (TPSA) is 12.0 Å². The van der Waals surface area contributed by atoms with Crippen LogP contribution in [0.15, 0.2) is 39.5 Å². The third-order valence-corrected chi connectivity index (χ3v) is 4.30. The van der Waals surface area contributed by atoms with Crippen LogP contribution in [0.4, 0.5) is 0 Å². The molecule has 0 spiro atoms. The predicted molar refractivity (Wildman–Crippen MR) is 79.4 cm³/mol. The van der Waals surface area contributed by atoms with E-state index in [-0.39, 0.29) is 0 Å². The summed E-state index contributed by atoms with van der Waals surface area (Å²) in [4.78, 5) is 0. The Kier molecular flexibility index (Phi) is 4.37. The van der Waals surface area contributed by atoms with Crippen LogP contribution < -0.4 is 5.32 Å². The van der Waals surface area contributed by atoms with Crippen molar-refractivity contribution in [1.29, 1.82) is 0 Å². The summed E-state index contributed by atoms with van der Waals surface area (Å²) in [6, 6.07) is 9.28. The van der Waals surface area contributed by atoms with Gasteiger partial charge in [-0.05, 0) is 32.4 Å². The Morgan fingerprint density at radius 2 is 1.88 bits per heavy atom. The normalized spacial score (nSPS) is 11.1. The monoisotopic (exact) mass is 309 g/mol. The van der Waals surface area contributed by atoms with Gasteiger partial charge in [-0.3, -0.25) is 0 Å². The molecular formula is C14H16BrNS. The minimum absolute atomic E-state index is 0.528. The van der Waals surface area contributed by atoms with E-state index in [0.29, 0.717) is 6.04 Å². The zero-order valence-corrected chi connectivity index (χ0v) is 12.4. The van der Waals surface area contributed by atoms with Crippen LogP contribution in [0, 0.1) is 0 Å². The van der Waals surface area contributed by atoms with E-state index >= 15 is 0 Å². The SMILES string of the molecule is CC(C)NCc1ccc(-c2cscc2Br)cc1. The summed E-state index contributed by atoms with van der Waals surface area (Å²) in [5.74, 6) is 0. The maximum absolute atomic E-state index is 3.57. The van der Waals surface area contributed by atoms with E-state index in [1.807, 2.05) is 0 Å². The summed E-state index contributed by atoms with van der Waals surface area (Å²) in [7, 11) is 0. The van der Waals surface area contributed by atoms with Crippen molar-refractivity contribution in [1.82, 2.24) is 5.32 Å². The van der Waals surface area contributed by atoms with Crippen LogP contribution in [0.2, 0.25) is 0 Å². The number of benzene rings is 1. The van der Waals surface area contributed by atoms with E-state index in [1.165, 1.54) is 21.2 Å². The molecule has 1 aromatic heterocycles. The van der Waals surface area contributed by atoms with Crippen molar-refractivity contribution in [3.8, 4) is 11.1 Å². The van der Waals surface area contributed by atoms with Crippen LogP contribution in [-0.2, 0) is 6.54 Å². The van der Waals surface area contributed by atoms with E-state index < -0.39 is 0 Å². The number of rotatable bonds is 4.